The van der Waals surface area contributed by atoms with Crippen LogP contribution in [0.25, 0.3) is 0 Å². The molecule has 0 aliphatic carbocycles. The van der Waals surface area contributed by atoms with Gasteiger partial charge in [0.2, 0.25) is 0 Å². The molecular formula is C20H41Br. The third kappa shape index (κ3) is 18.4. The quantitative estimate of drug-likeness (QED) is 0.180. The maximum atomic E-state index is 3.87. The van der Waals surface area contributed by atoms with Gasteiger partial charge in [-0.1, -0.05) is 126 Å². The van der Waals surface area contributed by atoms with Crippen LogP contribution in [0.2, 0.25) is 0 Å². The summed E-state index contributed by atoms with van der Waals surface area (Å²) in [7, 11) is 0. The van der Waals surface area contributed by atoms with Crippen LogP contribution in [0.1, 0.15) is 123 Å². The van der Waals surface area contributed by atoms with Gasteiger partial charge in [-0.15, -0.1) is 0 Å². The molecule has 0 amide bonds. The molecule has 0 heterocycles. The molecule has 0 nitrogen and oxygen atoms in total. The van der Waals surface area contributed by atoms with E-state index in [9.17, 15) is 0 Å². The summed E-state index contributed by atoms with van der Waals surface area (Å²) in [5.41, 5.74) is 0. The van der Waals surface area contributed by atoms with E-state index < -0.39 is 0 Å². The molecule has 0 aromatic carbocycles. The molecule has 1 unspecified atom stereocenters. The van der Waals surface area contributed by atoms with Gasteiger partial charge in [-0.3, -0.25) is 0 Å². The first-order valence-electron chi connectivity index (χ1n) is 9.95. The SMILES string of the molecule is CCCCCCCCCCCC(Br)CCCCCCCC. The Balaban J connectivity index is 3.10. The smallest absolute Gasteiger partial charge is 0.0145 e. The summed E-state index contributed by atoms with van der Waals surface area (Å²) in [4.78, 5) is 0.785. The fraction of sp³-hybridized carbons (Fsp3) is 1.00. The van der Waals surface area contributed by atoms with Crippen molar-refractivity contribution >= 4 is 15.9 Å². The van der Waals surface area contributed by atoms with Crippen molar-refractivity contribution in [1.82, 2.24) is 0 Å². The number of alkyl halides is 1. The molecular weight excluding hydrogens is 320 g/mol. The largest absolute Gasteiger partial charge is 0.0891 e. The minimum atomic E-state index is 0.785. The third-order valence-corrected chi connectivity index (χ3v) is 5.41. The van der Waals surface area contributed by atoms with Crippen LogP contribution < -0.4 is 0 Å². The van der Waals surface area contributed by atoms with Crippen molar-refractivity contribution in [2.24, 2.45) is 0 Å². The van der Waals surface area contributed by atoms with Gasteiger partial charge in [0.15, 0.2) is 0 Å². The molecule has 1 atom stereocenters. The highest BCUT2D eigenvalue weighted by atomic mass is 79.9. The van der Waals surface area contributed by atoms with Gasteiger partial charge in [0.25, 0.3) is 0 Å². The van der Waals surface area contributed by atoms with Gasteiger partial charge < -0.3 is 0 Å². The first-order chi connectivity index (χ1) is 10.3. The van der Waals surface area contributed by atoms with E-state index in [-0.39, 0.29) is 0 Å². The van der Waals surface area contributed by atoms with E-state index in [0.717, 1.165) is 4.83 Å². The molecule has 21 heavy (non-hydrogen) atoms. The van der Waals surface area contributed by atoms with Gasteiger partial charge in [-0.25, -0.2) is 0 Å². The maximum Gasteiger partial charge on any atom is 0.0145 e. The Morgan fingerprint density at radius 3 is 1.10 bits per heavy atom. The van der Waals surface area contributed by atoms with Gasteiger partial charge in [0.1, 0.15) is 0 Å². The Morgan fingerprint density at radius 2 is 0.762 bits per heavy atom. The normalized spacial score (nSPS) is 12.7. The molecule has 0 radical (unpaired) electrons. The minimum absolute atomic E-state index is 0.785. The summed E-state index contributed by atoms with van der Waals surface area (Å²) in [6, 6.07) is 0. The fourth-order valence-electron chi connectivity index (χ4n) is 2.97. The van der Waals surface area contributed by atoms with Crippen molar-refractivity contribution in [3.63, 3.8) is 0 Å². The molecule has 0 N–H and O–H groups in total. The van der Waals surface area contributed by atoms with Crippen molar-refractivity contribution in [1.29, 1.82) is 0 Å². The first kappa shape index (κ1) is 21.5. The standard InChI is InChI=1S/C20H41Br/c1-3-5-7-9-11-12-13-15-17-19-20(21)18-16-14-10-8-6-4-2/h20H,3-19H2,1-2H3. The van der Waals surface area contributed by atoms with Crippen LogP contribution in [0.3, 0.4) is 0 Å². The van der Waals surface area contributed by atoms with E-state index in [1.807, 2.05) is 0 Å². The van der Waals surface area contributed by atoms with E-state index >= 15 is 0 Å². The van der Waals surface area contributed by atoms with Crippen molar-refractivity contribution < 1.29 is 0 Å². The van der Waals surface area contributed by atoms with E-state index in [1.54, 1.807) is 0 Å². The number of unbranched alkanes of at least 4 members (excludes halogenated alkanes) is 13. The Hall–Kier alpha value is 0.480. The Morgan fingerprint density at radius 1 is 0.476 bits per heavy atom. The van der Waals surface area contributed by atoms with Crippen molar-refractivity contribution in [3.8, 4) is 0 Å². The van der Waals surface area contributed by atoms with Crippen LogP contribution in [0.4, 0.5) is 0 Å². The molecule has 0 saturated carbocycles. The number of halogens is 1. The molecule has 0 saturated heterocycles. The van der Waals surface area contributed by atoms with Crippen LogP contribution in [-0.4, -0.2) is 4.83 Å². The molecule has 0 spiro atoms. The summed E-state index contributed by atoms with van der Waals surface area (Å²) in [6.45, 7) is 4.58. The van der Waals surface area contributed by atoms with Crippen molar-refractivity contribution in [3.05, 3.63) is 0 Å². The Bertz CT molecular complexity index is 179. The Labute approximate surface area is 144 Å². The van der Waals surface area contributed by atoms with Gasteiger partial charge in [-0.2, -0.15) is 0 Å². The molecule has 0 aliphatic heterocycles. The lowest BCUT2D eigenvalue weighted by molar-refractivity contribution is 0.535. The average molecular weight is 361 g/mol. The summed E-state index contributed by atoms with van der Waals surface area (Å²) in [6.07, 6.45) is 24.3. The van der Waals surface area contributed by atoms with E-state index in [0.29, 0.717) is 0 Å². The molecule has 0 aliphatic rings. The zero-order chi connectivity index (χ0) is 15.6. The summed E-state index contributed by atoms with van der Waals surface area (Å²) in [5.74, 6) is 0. The van der Waals surface area contributed by atoms with E-state index in [2.05, 4.69) is 29.8 Å². The first-order valence-corrected chi connectivity index (χ1v) is 10.9. The average Bonchev–Trinajstić information content (AvgIpc) is 2.49. The zero-order valence-electron chi connectivity index (χ0n) is 15.0. The van der Waals surface area contributed by atoms with E-state index in [4.69, 9.17) is 0 Å². The van der Waals surface area contributed by atoms with Gasteiger partial charge >= 0.3 is 0 Å². The van der Waals surface area contributed by atoms with Gasteiger partial charge in [-0.05, 0) is 12.8 Å². The predicted molar refractivity (Wildman–Crippen MR) is 103 cm³/mol. The number of hydrogen-bond acceptors (Lipinski definition) is 0. The van der Waals surface area contributed by atoms with Crippen LogP contribution >= 0.6 is 15.9 Å². The molecule has 0 rings (SSSR count). The second-order valence-electron chi connectivity index (χ2n) is 6.77. The summed E-state index contributed by atoms with van der Waals surface area (Å²) < 4.78 is 0. The Kier molecular flexibility index (Phi) is 19.0. The van der Waals surface area contributed by atoms with Crippen LogP contribution in [0.5, 0.6) is 0 Å². The summed E-state index contributed by atoms with van der Waals surface area (Å²) in [5, 5.41) is 0. The van der Waals surface area contributed by atoms with Crippen molar-refractivity contribution in [2.75, 3.05) is 0 Å². The molecule has 0 fully saturated rings. The highest BCUT2D eigenvalue weighted by Crippen LogP contribution is 2.19. The van der Waals surface area contributed by atoms with Gasteiger partial charge in [0.05, 0.1) is 0 Å². The highest BCUT2D eigenvalue weighted by molar-refractivity contribution is 9.09. The second kappa shape index (κ2) is 18.5. The minimum Gasteiger partial charge on any atom is -0.0891 e. The predicted octanol–water partition coefficient (Wildman–Crippen LogP) is 8.42. The molecule has 0 aromatic rings. The van der Waals surface area contributed by atoms with Gasteiger partial charge in [0, 0.05) is 4.83 Å². The van der Waals surface area contributed by atoms with Crippen molar-refractivity contribution in [2.45, 2.75) is 128 Å². The highest BCUT2D eigenvalue weighted by Gasteiger charge is 2.03. The van der Waals surface area contributed by atoms with Crippen LogP contribution in [-0.2, 0) is 0 Å². The second-order valence-corrected chi connectivity index (χ2v) is 8.07. The molecule has 0 aromatic heterocycles. The third-order valence-electron chi connectivity index (χ3n) is 4.49. The number of hydrogen-bond donors (Lipinski definition) is 0. The lowest BCUT2D eigenvalue weighted by atomic mass is 10.0. The van der Waals surface area contributed by atoms with Crippen LogP contribution in [0, 0.1) is 0 Å². The summed E-state index contributed by atoms with van der Waals surface area (Å²) >= 11 is 3.87. The maximum absolute atomic E-state index is 3.87. The van der Waals surface area contributed by atoms with Crippen LogP contribution in [0.15, 0.2) is 0 Å². The van der Waals surface area contributed by atoms with E-state index in [1.165, 1.54) is 109 Å². The lowest BCUT2D eigenvalue weighted by Gasteiger charge is -2.09. The lowest BCUT2D eigenvalue weighted by Crippen LogP contribution is -1.97. The molecule has 1 heteroatoms. The molecule has 0 bridgehead atoms. The zero-order valence-corrected chi connectivity index (χ0v) is 16.6. The monoisotopic (exact) mass is 360 g/mol. The topological polar surface area (TPSA) is 0 Å². The number of rotatable bonds is 17. The molecule has 128 valence electrons. The fourth-order valence-corrected chi connectivity index (χ4v) is 3.61.